The van der Waals surface area contributed by atoms with Crippen molar-refractivity contribution in [3.8, 4) is 34.0 Å². The van der Waals surface area contributed by atoms with Crippen molar-refractivity contribution in [3.63, 3.8) is 0 Å². The van der Waals surface area contributed by atoms with Gasteiger partial charge in [0.1, 0.15) is 28.8 Å². The Bertz CT molecular complexity index is 1470. The fourth-order valence-electron chi connectivity index (χ4n) is 4.12. The van der Waals surface area contributed by atoms with Crippen LogP contribution < -0.4 is 0 Å². The highest BCUT2D eigenvalue weighted by Crippen LogP contribution is 2.34. The van der Waals surface area contributed by atoms with E-state index in [-0.39, 0.29) is 16.8 Å². The third kappa shape index (κ3) is 3.98. The summed E-state index contributed by atoms with van der Waals surface area (Å²) in [4.78, 5) is 17.4. The molecule has 0 radical (unpaired) electrons. The van der Waals surface area contributed by atoms with Crippen LogP contribution in [-0.2, 0) is 6.54 Å². The Hall–Kier alpha value is -3.87. The van der Waals surface area contributed by atoms with E-state index in [4.69, 9.17) is 4.98 Å². The zero-order valence-corrected chi connectivity index (χ0v) is 19.5. The third-order valence-electron chi connectivity index (χ3n) is 5.62. The first-order chi connectivity index (χ1) is 16.2. The number of fused-ring (bicyclic) bond motifs is 1. The van der Waals surface area contributed by atoms with Crippen LogP contribution in [0.4, 0.5) is 8.78 Å². The molecule has 0 unspecified atom stereocenters. The van der Waals surface area contributed by atoms with Gasteiger partial charge in [-0.1, -0.05) is 57.2 Å². The number of aromatic amines is 1. The van der Waals surface area contributed by atoms with E-state index in [1.165, 1.54) is 18.2 Å². The zero-order chi connectivity index (χ0) is 24.0. The van der Waals surface area contributed by atoms with Crippen molar-refractivity contribution in [1.29, 1.82) is 0 Å². The zero-order valence-electron chi connectivity index (χ0n) is 19.5. The van der Waals surface area contributed by atoms with Crippen LogP contribution in [0.1, 0.15) is 26.6 Å². The van der Waals surface area contributed by atoms with Crippen molar-refractivity contribution in [3.05, 3.63) is 78.1 Å². The Morgan fingerprint density at radius 3 is 2.24 bits per heavy atom. The maximum atomic E-state index is 14.6. The Morgan fingerprint density at radius 1 is 0.853 bits per heavy atom. The third-order valence-corrected chi connectivity index (χ3v) is 5.62. The average Bonchev–Trinajstić information content (AvgIpc) is 3.35. The number of benzene rings is 2. The standard InChI is InChI=1S/C27H25F2N5/c1-16-30-21-14-13-20(31-26(21)34(16)15-27(2,3)4)24-23(17-9-6-5-7-10-17)32-25(33-24)22-18(28)11-8-12-19(22)29/h5-14H,15H2,1-4H3,(H,32,33). The molecule has 0 fully saturated rings. The Balaban J connectivity index is 1.73. The molecule has 2 aromatic carbocycles. The van der Waals surface area contributed by atoms with Crippen molar-refractivity contribution >= 4 is 11.2 Å². The average molecular weight is 458 g/mol. The summed E-state index contributed by atoms with van der Waals surface area (Å²) < 4.78 is 31.3. The number of rotatable bonds is 4. The van der Waals surface area contributed by atoms with E-state index in [9.17, 15) is 8.78 Å². The van der Waals surface area contributed by atoms with Gasteiger partial charge in [0, 0.05) is 12.1 Å². The monoisotopic (exact) mass is 457 g/mol. The van der Waals surface area contributed by atoms with Gasteiger partial charge in [0.15, 0.2) is 5.65 Å². The second-order valence-corrected chi connectivity index (χ2v) is 9.62. The summed E-state index contributed by atoms with van der Waals surface area (Å²) in [5.41, 5.74) is 4.00. The van der Waals surface area contributed by atoms with Crippen LogP contribution in [0.15, 0.2) is 60.7 Å². The number of hydrogen-bond donors (Lipinski definition) is 1. The molecule has 172 valence electrons. The predicted molar refractivity (Wildman–Crippen MR) is 130 cm³/mol. The first-order valence-electron chi connectivity index (χ1n) is 11.2. The number of aryl methyl sites for hydroxylation is 1. The largest absolute Gasteiger partial charge is 0.336 e. The van der Waals surface area contributed by atoms with Gasteiger partial charge < -0.3 is 9.55 Å². The van der Waals surface area contributed by atoms with Crippen LogP contribution in [0.3, 0.4) is 0 Å². The summed E-state index contributed by atoms with van der Waals surface area (Å²) in [5.74, 6) is -0.355. The van der Waals surface area contributed by atoms with Crippen molar-refractivity contribution in [2.45, 2.75) is 34.2 Å². The summed E-state index contributed by atoms with van der Waals surface area (Å²) in [5, 5.41) is 0. The molecule has 5 nitrogen and oxygen atoms in total. The number of halogens is 2. The molecule has 0 saturated heterocycles. The lowest BCUT2D eigenvalue weighted by atomic mass is 9.97. The van der Waals surface area contributed by atoms with Crippen LogP contribution in [0.2, 0.25) is 0 Å². The molecule has 0 saturated carbocycles. The number of nitrogens with one attached hydrogen (secondary N) is 1. The molecule has 0 aliphatic carbocycles. The fourth-order valence-corrected chi connectivity index (χ4v) is 4.12. The van der Waals surface area contributed by atoms with Crippen LogP contribution >= 0.6 is 0 Å². The maximum absolute atomic E-state index is 14.6. The van der Waals surface area contributed by atoms with E-state index in [1.54, 1.807) is 0 Å². The lowest BCUT2D eigenvalue weighted by molar-refractivity contribution is 0.344. The van der Waals surface area contributed by atoms with Gasteiger partial charge in [-0.3, -0.25) is 0 Å². The number of pyridine rings is 1. The minimum atomic E-state index is -0.679. The number of imidazole rings is 2. The summed E-state index contributed by atoms with van der Waals surface area (Å²) in [6.45, 7) is 9.23. The second-order valence-electron chi connectivity index (χ2n) is 9.62. The molecular formula is C27H25F2N5. The van der Waals surface area contributed by atoms with Gasteiger partial charge in [0.05, 0.1) is 22.6 Å². The normalized spacial score (nSPS) is 11.9. The minimum absolute atomic E-state index is 0.0365. The lowest BCUT2D eigenvalue weighted by Crippen LogP contribution is -2.16. The molecular weight excluding hydrogens is 432 g/mol. The highest BCUT2D eigenvalue weighted by molar-refractivity contribution is 5.83. The van der Waals surface area contributed by atoms with E-state index in [2.05, 4.69) is 40.3 Å². The first kappa shape index (κ1) is 21.9. The van der Waals surface area contributed by atoms with Crippen molar-refractivity contribution < 1.29 is 8.78 Å². The molecule has 5 aromatic rings. The predicted octanol–water partition coefficient (Wildman–Crippen LogP) is 6.79. The highest BCUT2D eigenvalue weighted by Gasteiger charge is 2.22. The smallest absolute Gasteiger partial charge is 0.160 e. The molecule has 0 aliphatic heterocycles. The number of H-pyrrole nitrogens is 1. The molecule has 7 heteroatoms. The molecule has 0 spiro atoms. The summed E-state index contributed by atoms with van der Waals surface area (Å²) >= 11 is 0. The van der Waals surface area contributed by atoms with E-state index >= 15 is 0 Å². The van der Waals surface area contributed by atoms with E-state index in [0.29, 0.717) is 17.1 Å². The van der Waals surface area contributed by atoms with E-state index in [0.717, 1.165) is 29.1 Å². The van der Waals surface area contributed by atoms with Gasteiger partial charge in [-0.2, -0.15) is 0 Å². The maximum Gasteiger partial charge on any atom is 0.160 e. The van der Waals surface area contributed by atoms with Crippen LogP contribution in [0.5, 0.6) is 0 Å². The summed E-state index contributed by atoms with van der Waals surface area (Å²) in [7, 11) is 0. The molecule has 3 aromatic heterocycles. The minimum Gasteiger partial charge on any atom is -0.336 e. The van der Waals surface area contributed by atoms with Crippen LogP contribution in [-0.4, -0.2) is 24.5 Å². The second kappa shape index (κ2) is 8.17. The number of aromatic nitrogens is 5. The summed E-state index contributed by atoms with van der Waals surface area (Å²) in [6.07, 6.45) is 0. The van der Waals surface area contributed by atoms with Gasteiger partial charge in [-0.25, -0.2) is 23.7 Å². The van der Waals surface area contributed by atoms with Gasteiger partial charge >= 0.3 is 0 Å². The lowest BCUT2D eigenvalue weighted by Gasteiger charge is -2.20. The molecule has 3 heterocycles. The molecule has 0 aliphatic rings. The number of hydrogen-bond acceptors (Lipinski definition) is 3. The Labute approximate surface area is 196 Å². The topological polar surface area (TPSA) is 59.4 Å². The van der Waals surface area contributed by atoms with E-state index in [1.807, 2.05) is 49.4 Å². The SMILES string of the molecule is Cc1nc2ccc(-c3[nH]c(-c4c(F)cccc4F)nc3-c3ccccc3)nc2n1CC(C)(C)C. The van der Waals surface area contributed by atoms with Gasteiger partial charge in [0.25, 0.3) is 0 Å². The molecule has 0 atom stereocenters. The Kier molecular flexibility index (Phi) is 5.27. The van der Waals surface area contributed by atoms with Gasteiger partial charge in [-0.05, 0) is 36.6 Å². The molecule has 34 heavy (non-hydrogen) atoms. The van der Waals surface area contributed by atoms with Gasteiger partial charge in [-0.15, -0.1) is 0 Å². The van der Waals surface area contributed by atoms with E-state index < -0.39 is 11.6 Å². The number of nitrogens with zero attached hydrogens (tertiary/aromatic N) is 4. The quantitative estimate of drug-likeness (QED) is 0.323. The molecule has 0 amide bonds. The van der Waals surface area contributed by atoms with Gasteiger partial charge in [0.2, 0.25) is 0 Å². The first-order valence-corrected chi connectivity index (χ1v) is 11.2. The Morgan fingerprint density at radius 2 is 1.56 bits per heavy atom. The molecule has 5 rings (SSSR count). The molecule has 0 bridgehead atoms. The molecule has 1 N–H and O–H groups in total. The van der Waals surface area contributed by atoms with Crippen molar-refractivity contribution in [2.24, 2.45) is 5.41 Å². The van der Waals surface area contributed by atoms with Crippen LogP contribution in [0.25, 0.3) is 45.2 Å². The van der Waals surface area contributed by atoms with Crippen molar-refractivity contribution in [1.82, 2.24) is 24.5 Å². The van der Waals surface area contributed by atoms with Crippen molar-refractivity contribution in [2.75, 3.05) is 0 Å². The summed E-state index contributed by atoms with van der Waals surface area (Å²) in [6, 6.07) is 17.1. The van der Waals surface area contributed by atoms with Crippen LogP contribution in [0, 0.1) is 24.0 Å². The fraction of sp³-hybridized carbons (Fsp3) is 0.222. The highest BCUT2D eigenvalue weighted by atomic mass is 19.1.